The first kappa shape index (κ1) is 11.6. The van der Waals surface area contributed by atoms with Gasteiger partial charge >= 0.3 is 0 Å². The summed E-state index contributed by atoms with van der Waals surface area (Å²) in [5, 5.41) is 0. The van der Waals surface area contributed by atoms with Crippen molar-refractivity contribution < 1.29 is 0 Å². The van der Waals surface area contributed by atoms with Crippen LogP contribution in [0.3, 0.4) is 0 Å². The Bertz CT molecular complexity index is 321. The molecule has 0 aliphatic carbocycles. The van der Waals surface area contributed by atoms with Gasteiger partial charge in [-0.25, -0.2) is 0 Å². The quantitative estimate of drug-likeness (QED) is 0.749. The molecule has 16 heavy (non-hydrogen) atoms. The molecule has 2 nitrogen and oxygen atoms in total. The van der Waals surface area contributed by atoms with Crippen LogP contribution in [0.25, 0.3) is 0 Å². The summed E-state index contributed by atoms with van der Waals surface area (Å²) in [5.74, 6) is 0.648. The second-order valence-electron chi connectivity index (χ2n) is 5.10. The molecule has 0 aromatic heterocycles. The van der Waals surface area contributed by atoms with E-state index in [1.165, 1.54) is 25.1 Å². The lowest BCUT2D eigenvalue weighted by atomic mass is 9.85. The minimum absolute atomic E-state index is 0.648. The molecule has 1 saturated heterocycles. The SMILES string of the molecule is CN1CCC(N(C)C)C(c2ccccc2)C1. The van der Waals surface area contributed by atoms with E-state index in [0.29, 0.717) is 12.0 Å². The van der Waals surface area contributed by atoms with E-state index in [2.05, 4.69) is 61.3 Å². The number of likely N-dealkylation sites (N-methyl/N-ethyl adjacent to an activating group) is 2. The monoisotopic (exact) mass is 218 g/mol. The van der Waals surface area contributed by atoms with E-state index in [4.69, 9.17) is 0 Å². The topological polar surface area (TPSA) is 6.48 Å². The molecule has 0 radical (unpaired) electrons. The van der Waals surface area contributed by atoms with Gasteiger partial charge < -0.3 is 9.80 Å². The largest absolute Gasteiger partial charge is 0.306 e. The predicted molar refractivity (Wildman–Crippen MR) is 68.8 cm³/mol. The number of hydrogen-bond acceptors (Lipinski definition) is 2. The van der Waals surface area contributed by atoms with Crippen molar-refractivity contribution in [3.8, 4) is 0 Å². The average molecular weight is 218 g/mol. The molecular weight excluding hydrogens is 196 g/mol. The number of nitrogens with zero attached hydrogens (tertiary/aromatic N) is 2. The molecule has 1 aromatic carbocycles. The van der Waals surface area contributed by atoms with Crippen LogP contribution < -0.4 is 0 Å². The van der Waals surface area contributed by atoms with E-state index in [0.717, 1.165) is 0 Å². The minimum Gasteiger partial charge on any atom is -0.306 e. The van der Waals surface area contributed by atoms with Crippen molar-refractivity contribution in [3.63, 3.8) is 0 Å². The molecule has 88 valence electrons. The van der Waals surface area contributed by atoms with Crippen LogP contribution in [0.1, 0.15) is 17.9 Å². The van der Waals surface area contributed by atoms with Gasteiger partial charge in [0.1, 0.15) is 0 Å². The molecule has 0 amide bonds. The van der Waals surface area contributed by atoms with Crippen LogP contribution in [-0.4, -0.2) is 50.1 Å². The van der Waals surface area contributed by atoms with Crippen LogP contribution in [0, 0.1) is 0 Å². The third kappa shape index (κ3) is 2.45. The molecule has 2 unspecified atom stereocenters. The Balaban J connectivity index is 2.21. The second-order valence-corrected chi connectivity index (χ2v) is 5.10. The maximum absolute atomic E-state index is 2.44. The number of rotatable bonds is 2. The smallest absolute Gasteiger partial charge is 0.0182 e. The molecule has 1 aliphatic heterocycles. The van der Waals surface area contributed by atoms with Gasteiger partial charge in [0, 0.05) is 18.5 Å². The van der Waals surface area contributed by atoms with Crippen LogP contribution in [-0.2, 0) is 0 Å². The highest BCUT2D eigenvalue weighted by atomic mass is 15.2. The van der Waals surface area contributed by atoms with Crippen LogP contribution in [0.5, 0.6) is 0 Å². The Hall–Kier alpha value is -0.860. The zero-order valence-corrected chi connectivity index (χ0v) is 10.6. The van der Waals surface area contributed by atoms with Crippen molar-refractivity contribution in [1.29, 1.82) is 0 Å². The Morgan fingerprint density at radius 1 is 1.19 bits per heavy atom. The molecule has 0 N–H and O–H groups in total. The molecule has 1 aromatic rings. The molecule has 2 rings (SSSR count). The van der Waals surface area contributed by atoms with Gasteiger partial charge in [-0.3, -0.25) is 0 Å². The molecule has 0 spiro atoms. The van der Waals surface area contributed by atoms with Gasteiger partial charge in [0.2, 0.25) is 0 Å². The van der Waals surface area contributed by atoms with Crippen molar-refractivity contribution in [3.05, 3.63) is 35.9 Å². The molecule has 1 fully saturated rings. The molecule has 1 heterocycles. The van der Waals surface area contributed by atoms with E-state index in [1.807, 2.05) is 0 Å². The summed E-state index contributed by atoms with van der Waals surface area (Å²) in [6.45, 7) is 2.39. The van der Waals surface area contributed by atoms with E-state index in [9.17, 15) is 0 Å². The Morgan fingerprint density at radius 2 is 1.88 bits per heavy atom. The number of piperidine rings is 1. The van der Waals surface area contributed by atoms with Crippen LogP contribution in [0.2, 0.25) is 0 Å². The van der Waals surface area contributed by atoms with Crippen molar-refractivity contribution in [2.75, 3.05) is 34.2 Å². The fraction of sp³-hybridized carbons (Fsp3) is 0.571. The molecule has 1 aliphatic rings. The van der Waals surface area contributed by atoms with E-state index in [1.54, 1.807) is 0 Å². The minimum atomic E-state index is 0.648. The first-order valence-corrected chi connectivity index (χ1v) is 6.08. The lowest BCUT2D eigenvalue weighted by molar-refractivity contribution is 0.140. The third-order valence-corrected chi connectivity index (χ3v) is 3.67. The van der Waals surface area contributed by atoms with Crippen LogP contribution >= 0.6 is 0 Å². The van der Waals surface area contributed by atoms with Gasteiger partial charge in [0.25, 0.3) is 0 Å². The molecule has 0 saturated carbocycles. The normalized spacial score (nSPS) is 27.2. The zero-order valence-electron chi connectivity index (χ0n) is 10.6. The predicted octanol–water partition coefficient (Wildman–Crippen LogP) is 2.04. The highest BCUT2D eigenvalue weighted by Crippen LogP contribution is 2.29. The summed E-state index contributed by atoms with van der Waals surface area (Å²) in [4.78, 5) is 4.82. The lowest BCUT2D eigenvalue weighted by Crippen LogP contribution is -2.46. The molecular formula is C14H22N2. The van der Waals surface area contributed by atoms with Gasteiger partial charge in [0.05, 0.1) is 0 Å². The van der Waals surface area contributed by atoms with Crippen molar-refractivity contribution in [1.82, 2.24) is 9.80 Å². The second kappa shape index (κ2) is 4.98. The number of likely N-dealkylation sites (tertiary alicyclic amines) is 1. The van der Waals surface area contributed by atoms with Crippen molar-refractivity contribution in [2.24, 2.45) is 0 Å². The van der Waals surface area contributed by atoms with Gasteiger partial charge in [-0.15, -0.1) is 0 Å². The highest BCUT2D eigenvalue weighted by Gasteiger charge is 2.29. The van der Waals surface area contributed by atoms with Crippen LogP contribution in [0.15, 0.2) is 30.3 Å². The fourth-order valence-electron chi connectivity index (χ4n) is 2.75. The first-order valence-electron chi connectivity index (χ1n) is 6.08. The average Bonchev–Trinajstić information content (AvgIpc) is 2.29. The standard InChI is InChI=1S/C14H22N2/c1-15(2)14-9-10-16(3)11-13(14)12-7-5-4-6-8-12/h4-8,13-14H,9-11H2,1-3H3. The number of benzene rings is 1. The summed E-state index contributed by atoms with van der Waals surface area (Å²) in [6, 6.07) is 11.6. The van der Waals surface area contributed by atoms with Crippen molar-refractivity contribution >= 4 is 0 Å². The van der Waals surface area contributed by atoms with E-state index < -0.39 is 0 Å². The van der Waals surface area contributed by atoms with E-state index >= 15 is 0 Å². The highest BCUT2D eigenvalue weighted by molar-refractivity contribution is 5.22. The molecule has 2 atom stereocenters. The van der Waals surface area contributed by atoms with Gasteiger partial charge in [-0.2, -0.15) is 0 Å². The third-order valence-electron chi connectivity index (χ3n) is 3.67. The summed E-state index contributed by atoms with van der Waals surface area (Å²) < 4.78 is 0. The summed E-state index contributed by atoms with van der Waals surface area (Å²) in [7, 11) is 6.62. The first-order chi connectivity index (χ1) is 7.68. The molecule has 0 bridgehead atoms. The van der Waals surface area contributed by atoms with Gasteiger partial charge in [-0.05, 0) is 39.7 Å². The Kier molecular flexibility index (Phi) is 3.62. The Morgan fingerprint density at radius 3 is 2.50 bits per heavy atom. The Labute approximate surface area is 98.9 Å². The number of hydrogen-bond donors (Lipinski definition) is 0. The van der Waals surface area contributed by atoms with Gasteiger partial charge in [-0.1, -0.05) is 30.3 Å². The fourth-order valence-corrected chi connectivity index (χ4v) is 2.75. The summed E-state index contributed by atoms with van der Waals surface area (Å²) in [5.41, 5.74) is 1.48. The summed E-state index contributed by atoms with van der Waals surface area (Å²) >= 11 is 0. The zero-order chi connectivity index (χ0) is 11.5. The van der Waals surface area contributed by atoms with Crippen LogP contribution in [0.4, 0.5) is 0 Å². The van der Waals surface area contributed by atoms with Crippen molar-refractivity contribution in [2.45, 2.75) is 18.4 Å². The molecule has 2 heteroatoms. The lowest BCUT2D eigenvalue weighted by Gasteiger charge is -2.40. The van der Waals surface area contributed by atoms with E-state index in [-0.39, 0.29) is 0 Å². The van der Waals surface area contributed by atoms with Gasteiger partial charge in [0.15, 0.2) is 0 Å². The maximum Gasteiger partial charge on any atom is 0.0182 e. The summed E-state index contributed by atoms with van der Waals surface area (Å²) in [6.07, 6.45) is 1.27. The maximum atomic E-state index is 2.44.